The third-order valence-corrected chi connectivity index (χ3v) is 5.17. The molecule has 0 unspecified atom stereocenters. The van der Waals surface area contributed by atoms with Crippen LogP contribution in [0.15, 0.2) is 30.3 Å². The minimum atomic E-state index is -0.207. The molecule has 4 nitrogen and oxygen atoms in total. The van der Waals surface area contributed by atoms with Crippen LogP contribution in [-0.4, -0.2) is 16.7 Å². The first-order valence-electron chi connectivity index (χ1n) is 7.67. The molecule has 1 N–H and O–H groups in total. The van der Waals surface area contributed by atoms with Gasteiger partial charge in [0.15, 0.2) is 5.78 Å². The van der Waals surface area contributed by atoms with Crippen molar-refractivity contribution in [1.82, 2.24) is 4.98 Å². The zero-order valence-electron chi connectivity index (χ0n) is 14.1. The summed E-state index contributed by atoms with van der Waals surface area (Å²) in [5, 5.41) is 3.90. The zero-order valence-corrected chi connectivity index (χ0v) is 14.9. The van der Waals surface area contributed by atoms with Crippen molar-refractivity contribution in [3.05, 3.63) is 57.6 Å². The lowest BCUT2D eigenvalue weighted by atomic mass is 10.1. The fourth-order valence-corrected chi connectivity index (χ4v) is 4.11. The topological polar surface area (TPSA) is 59.1 Å². The number of hydrogen-bond donors (Lipinski definition) is 1. The standard InChI is InChI=1S/C19H18N2O2S/c1-10-9-11(2)20-19-16(10)12(3)17(24-19)18(23)21-15-8-6-5-7-14(15)13(4)22/h5-9H,1-4H3,(H,21,23). The Morgan fingerprint density at radius 1 is 1.12 bits per heavy atom. The third-order valence-electron chi connectivity index (χ3n) is 3.99. The lowest BCUT2D eigenvalue weighted by molar-refractivity contribution is 0.101. The van der Waals surface area contributed by atoms with Crippen LogP contribution in [0.5, 0.6) is 0 Å². The second-order valence-electron chi connectivity index (χ2n) is 5.87. The van der Waals surface area contributed by atoms with Gasteiger partial charge in [-0.1, -0.05) is 12.1 Å². The van der Waals surface area contributed by atoms with Crippen molar-refractivity contribution in [3.8, 4) is 0 Å². The van der Waals surface area contributed by atoms with E-state index < -0.39 is 0 Å². The van der Waals surface area contributed by atoms with Crippen molar-refractivity contribution >= 4 is 38.9 Å². The maximum atomic E-state index is 12.7. The third kappa shape index (κ3) is 2.83. The Morgan fingerprint density at radius 2 is 1.83 bits per heavy atom. The maximum absolute atomic E-state index is 12.7. The smallest absolute Gasteiger partial charge is 0.266 e. The van der Waals surface area contributed by atoms with Crippen molar-refractivity contribution in [2.75, 3.05) is 5.32 Å². The van der Waals surface area contributed by atoms with E-state index in [-0.39, 0.29) is 11.7 Å². The number of Topliss-reactive ketones (excluding diaryl/α,β-unsaturated/α-hetero) is 1. The van der Waals surface area contributed by atoms with Crippen molar-refractivity contribution in [2.24, 2.45) is 0 Å². The highest BCUT2D eigenvalue weighted by Gasteiger charge is 2.19. The van der Waals surface area contributed by atoms with E-state index in [9.17, 15) is 9.59 Å². The SMILES string of the molecule is CC(=O)c1ccccc1NC(=O)c1sc2nc(C)cc(C)c2c1C. The number of nitrogens with zero attached hydrogens (tertiary/aromatic N) is 1. The Morgan fingerprint density at radius 3 is 2.54 bits per heavy atom. The molecule has 2 aromatic heterocycles. The summed E-state index contributed by atoms with van der Waals surface area (Å²) in [6.45, 7) is 7.41. The average molecular weight is 338 g/mol. The summed E-state index contributed by atoms with van der Waals surface area (Å²) in [7, 11) is 0. The molecule has 3 aromatic rings. The van der Waals surface area contributed by atoms with Gasteiger partial charge >= 0.3 is 0 Å². The summed E-state index contributed by atoms with van der Waals surface area (Å²) in [6.07, 6.45) is 0. The van der Waals surface area contributed by atoms with Crippen LogP contribution in [0.4, 0.5) is 5.69 Å². The quantitative estimate of drug-likeness (QED) is 0.706. The van der Waals surface area contributed by atoms with E-state index in [0.29, 0.717) is 16.1 Å². The molecule has 24 heavy (non-hydrogen) atoms. The maximum Gasteiger partial charge on any atom is 0.266 e. The number of fused-ring (bicyclic) bond motifs is 1. The van der Waals surface area contributed by atoms with Crippen LogP contribution in [0, 0.1) is 20.8 Å². The van der Waals surface area contributed by atoms with Crippen LogP contribution in [0.2, 0.25) is 0 Å². The molecule has 1 aromatic carbocycles. The highest BCUT2D eigenvalue weighted by atomic mass is 32.1. The van der Waals surface area contributed by atoms with Crippen molar-refractivity contribution < 1.29 is 9.59 Å². The summed E-state index contributed by atoms with van der Waals surface area (Å²) in [5.41, 5.74) is 4.03. The fraction of sp³-hybridized carbons (Fsp3) is 0.211. The molecule has 122 valence electrons. The largest absolute Gasteiger partial charge is 0.321 e. The lowest BCUT2D eigenvalue weighted by Gasteiger charge is -2.08. The Bertz CT molecular complexity index is 973. The number of hydrogen-bond acceptors (Lipinski definition) is 4. The number of aryl methyl sites for hydroxylation is 3. The van der Waals surface area contributed by atoms with Crippen molar-refractivity contribution in [2.45, 2.75) is 27.7 Å². The number of anilines is 1. The zero-order chi connectivity index (χ0) is 17.4. The molecule has 0 atom stereocenters. The number of rotatable bonds is 3. The molecular weight excluding hydrogens is 320 g/mol. The minimum Gasteiger partial charge on any atom is -0.321 e. The van der Waals surface area contributed by atoms with Gasteiger partial charge in [-0.2, -0.15) is 0 Å². The monoisotopic (exact) mass is 338 g/mol. The first-order chi connectivity index (χ1) is 11.4. The van der Waals surface area contributed by atoms with E-state index in [1.54, 1.807) is 24.3 Å². The molecule has 0 saturated carbocycles. The number of benzene rings is 1. The van der Waals surface area contributed by atoms with E-state index in [4.69, 9.17) is 0 Å². The van der Waals surface area contributed by atoms with E-state index in [2.05, 4.69) is 10.3 Å². The number of aromatic nitrogens is 1. The van der Waals surface area contributed by atoms with Gasteiger partial charge in [-0.3, -0.25) is 9.59 Å². The molecule has 0 aliphatic rings. The number of ketones is 1. The van der Waals surface area contributed by atoms with Crippen LogP contribution in [0.25, 0.3) is 10.2 Å². The van der Waals surface area contributed by atoms with Crippen molar-refractivity contribution in [1.29, 1.82) is 0 Å². The predicted molar refractivity (Wildman–Crippen MR) is 98.2 cm³/mol. The highest BCUT2D eigenvalue weighted by Crippen LogP contribution is 2.33. The molecule has 0 fully saturated rings. The molecule has 0 saturated heterocycles. The fourth-order valence-electron chi connectivity index (χ4n) is 2.91. The van der Waals surface area contributed by atoms with Crippen LogP contribution >= 0.6 is 11.3 Å². The number of carbonyl (C=O) groups excluding carboxylic acids is 2. The van der Waals surface area contributed by atoms with E-state index in [0.717, 1.165) is 27.0 Å². The number of thiophene rings is 1. The van der Waals surface area contributed by atoms with Gasteiger partial charge in [0.05, 0.1) is 10.6 Å². The summed E-state index contributed by atoms with van der Waals surface area (Å²) in [5.74, 6) is -0.284. The molecule has 0 aliphatic carbocycles. The molecule has 3 rings (SSSR count). The molecule has 0 bridgehead atoms. The van der Waals surface area contributed by atoms with Crippen LogP contribution < -0.4 is 5.32 Å². The lowest BCUT2D eigenvalue weighted by Crippen LogP contribution is -2.13. The van der Waals surface area contributed by atoms with E-state index in [1.165, 1.54) is 18.3 Å². The molecule has 2 heterocycles. The van der Waals surface area contributed by atoms with E-state index >= 15 is 0 Å². The van der Waals surface area contributed by atoms with Gasteiger partial charge in [0.2, 0.25) is 0 Å². The second kappa shape index (κ2) is 6.17. The van der Waals surface area contributed by atoms with Gasteiger partial charge in [-0.25, -0.2) is 4.98 Å². The molecule has 5 heteroatoms. The van der Waals surface area contributed by atoms with Crippen LogP contribution in [-0.2, 0) is 0 Å². The Kier molecular flexibility index (Phi) is 4.20. The highest BCUT2D eigenvalue weighted by molar-refractivity contribution is 7.20. The number of carbonyl (C=O) groups is 2. The van der Waals surface area contributed by atoms with Crippen molar-refractivity contribution in [3.63, 3.8) is 0 Å². The molecule has 0 radical (unpaired) electrons. The van der Waals surface area contributed by atoms with Gasteiger partial charge in [-0.15, -0.1) is 11.3 Å². The first kappa shape index (κ1) is 16.3. The number of pyridine rings is 1. The van der Waals surface area contributed by atoms with Crippen LogP contribution in [0.1, 0.15) is 43.8 Å². The Labute approximate surface area is 144 Å². The van der Waals surface area contributed by atoms with Crippen LogP contribution in [0.3, 0.4) is 0 Å². The second-order valence-corrected chi connectivity index (χ2v) is 6.87. The van der Waals surface area contributed by atoms with Gasteiger partial charge in [0.1, 0.15) is 4.83 Å². The first-order valence-corrected chi connectivity index (χ1v) is 8.48. The summed E-state index contributed by atoms with van der Waals surface area (Å²) >= 11 is 1.39. The molecule has 1 amide bonds. The summed E-state index contributed by atoms with van der Waals surface area (Å²) < 4.78 is 0. The molecule has 0 aliphatic heterocycles. The average Bonchev–Trinajstić information content (AvgIpc) is 2.84. The summed E-state index contributed by atoms with van der Waals surface area (Å²) in [4.78, 5) is 30.5. The Hall–Kier alpha value is -2.53. The van der Waals surface area contributed by atoms with E-state index in [1.807, 2.05) is 26.8 Å². The molecular formula is C19H18N2O2S. The van der Waals surface area contributed by atoms with Gasteiger partial charge < -0.3 is 5.32 Å². The number of para-hydroxylation sites is 1. The van der Waals surface area contributed by atoms with Gasteiger partial charge in [0, 0.05) is 16.6 Å². The summed E-state index contributed by atoms with van der Waals surface area (Å²) in [6, 6.07) is 9.06. The van der Waals surface area contributed by atoms with Gasteiger partial charge in [0.25, 0.3) is 5.91 Å². The normalized spacial score (nSPS) is 10.8. The number of nitrogens with one attached hydrogen (secondary N) is 1. The molecule has 0 spiro atoms. The van der Waals surface area contributed by atoms with Gasteiger partial charge in [-0.05, 0) is 57.0 Å². The predicted octanol–water partition coefficient (Wildman–Crippen LogP) is 4.68. The minimum absolute atomic E-state index is 0.0768. The Balaban J connectivity index is 2.03. The number of amides is 1.